The minimum absolute atomic E-state index is 0.0573. The average molecular weight is 406 g/mol. The molecule has 0 saturated heterocycles. The molecule has 112 valence electrons. The summed E-state index contributed by atoms with van der Waals surface area (Å²) in [7, 11) is 0. The van der Waals surface area contributed by atoms with Crippen molar-refractivity contribution in [2.24, 2.45) is 11.7 Å². The lowest BCUT2D eigenvalue weighted by Gasteiger charge is -2.15. The number of nitrogens with two attached hydrogens (primary N) is 1. The van der Waals surface area contributed by atoms with Crippen LogP contribution in [0.2, 0.25) is 0 Å². The molecule has 0 saturated carbocycles. The highest BCUT2D eigenvalue weighted by atomic mass is 79.9. The predicted molar refractivity (Wildman–Crippen MR) is 91.8 cm³/mol. The molecule has 1 aromatic rings. The zero-order valence-corrected chi connectivity index (χ0v) is 15.0. The summed E-state index contributed by atoms with van der Waals surface area (Å²) in [4.78, 5) is 12.0. The van der Waals surface area contributed by atoms with Crippen molar-refractivity contribution in [1.29, 1.82) is 0 Å². The minimum Gasteiger partial charge on any atom is -0.330 e. The summed E-state index contributed by atoms with van der Waals surface area (Å²) in [6.07, 6.45) is 4.74. The van der Waals surface area contributed by atoms with E-state index in [-0.39, 0.29) is 5.91 Å². The SMILES string of the molecule is CCCC(CCN)CCC(=O)Nc1cc(Br)ccc1Br. The van der Waals surface area contributed by atoms with E-state index in [9.17, 15) is 4.79 Å². The van der Waals surface area contributed by atoms with Gasteiger partial charge in [0.25, 0.3) is 0 Å². The van der Waals surface area contributed by atoms with Crippen molar-refractivity contribution >= 4 is 43.5 Å². The zero-order chi connectivity index (χ0) is 15.0. The quantitative estimate of drug-likeness (QED) is 0.658. The van der Waals surface area contributed by atoms with Gasteiger partial charge in [-0.15, -0.1) is 0 Å². The first-order valence-corrected chi connectivity index (χ1v) is 8.60. The van der Waals surface area contributed by atoms with Crippen LogP contribution in [0.3, 0.4) is 0 Å². The van der Waals surface area contributed by atoms with E-state index in [1.807, 2.05) is 18.2 Å². The highest BCUT2D eigenvalue weighted by molar-refractivity contribution is 9.11. The molecule has 0 aliphatic carbocycles. The first-order chi connectivity index (χ1) is 9.56. The standard InChI is InChI=1S/C15H22Br2N2O/c1-2-3-11(8-9-18)4-7-15(20)19-14-10-12(16)5-6-13(14)17/h5-6,10-11H,2-4,7-9,18H2,1H3,(H,19,20). The number of halogens is 2. The number of anilines is 1. The Labute approximate surface area is 138 Å². The first kappa shape index (κ1) is 17.7. The predicted octanol–water partition coefficient (Wildman–Crippen LogP) is 4.70. The average Bonchev–Trinajstić information content (AvgIpc) is 2.41. The van der Waals surface area contributed by atoms with Gasteiger partial charge in [0.15, 0.2) is 0 Å². The molecule has 0 aliphatic rings. The molecule has 1 unspecified atom stereocenters. The smallest absolute Gasteiger partial charge is 0.224 e. The highest BCUT2D eigenvalue weighted by Gasteiger charge is 2.11. The van der Waals surface area contributed by atoms with Crippen LogP contribution in [-0.4, -0.2) is 12.5 Å². The molecule has 0 aromatic heterocycles. The molecule has 0 fully saturated rings. The van der Waals surface area contributed by atoms with E-state index in [1.165, 1.54) is 0 Å². The molecular formula is C15H22Br2N2O. The number of hydrogen-bond acceptors (Lipinski definition) is 2. The van der Waals surface area contributed by atoms with Crippen molar-refractivity contribution in [3.8, 4) is 0 Å². The molecular weight excluding hydrogens is 384 g/mol. The lowest BCUT2D eigenvalue weighted by atomic mass is 9.94. The van der Waals surface area contributed by atoms with Gasteiger partial charge in [-0.2, -0.15) is 0 Å². The molecule has 0 heterocycles. The van der Waals surface area contributed by atoms with Crippen LogP contribution in [0.25, 0.3) is 0 Å². The van der Waals surface area contributed by atoms with Crippen LogP contribution in [0, 0.1) is 5.92 Å². The Hall–Kier alpha value is -0.390. The second-order valence-electron chi connectivity index (χ2n) is 4.94. The van der Waals surface area contributed by atoms with Crippen molar-refractivity contribution in [2.45, 2.75) is 39.0 Å². The summed E-state index contributed by atoms with van der Waals surface area (Å²) in [5.41, 5.74) is 6.42. The molecule has 5 heteroatoms. The first-order valence-electron chi connectivity index (χ1n) is 7.01. The van der Waals surface area contributed by atoms with Gasteiger partial charge in [-0.3, -0.25) is 4.79 Å². The Kier molecular flexibility index (Phi) is 8.41. The van der Waals surface area contributed by atoms with Crippen LogP contribution >= 0.6 is 31.9 Å². The van der Waals surface area contributed by atoms with Crippen molar-refractivity contribution in [1.82, 2.24) is 0 Å². The molecule has 3 N–H and O–H groups in total. The van der Waals surface area contributed by atoms with Gasteiger partial charge in [0.2, 0.25) is 5.91 Å². The second-order valence-corrected chi connectivity index (χ2v) is 6.71. The van der Waals surface area contributed by atoms with Crippen LogP contribution in [0.5, 0.6) is 0 Å². The molecule has 20 heavy (non-hydrogen) atoms. The molecule has 0 aliphatic heterocycles. The highest BCUT2D eigenvalue weighted by Crippen LogP contribution is 2.26. The Morgan fingerprint density at radius 1 is 1.30 bits per heavy atom. The fourth-order valence-electron chi connectivity index (χ4n) is 2.22. The van der Waals surface area contributed by atoms with Crippen molar-refractivity contribution < 1.29 is 4.79 Å². The molecule has 1 aromatic carbocycles. The number of hydrogen-bond donors (Lipinski definition) is 2. The fourth-order valence-corrected chi connectivity index (χ4v) is 2.93. The van der Waals surface area contributed by atoms with Gasteiger partial charge >= 0.3 is 0 Å². The summed E-state index contributed by atoms with van der Waals surface area (Å²) in [6, 6.07) is 5.73. The van der Waals surface area contributed by atoms with Crippen LogP contribution in [-0.2, 0) is 4.79 Å². The number of carbonyl (C=O) groups is 1. The molecule has 1 amide bonds. The van der Waals surface area contributed by atoms with Gasteiger partial charge in [-0.1, -0.05) is 35.7 Å². The Morgan fingerprint density at radius 3 is 2.70 bits per heavy atom. The van der Waals surface area contributed by atoms with E-state index in [2.05, 4.69) is 44.1 Å². The largest absolute Gasteiger partial charge is 0.330 e. The summed E-state index contributed by atoms with van der Waals surface area (Å²) >= 11 is 6.84. The van der Waals surface area contributed by atoms with Crippen molar-refractivity contribution in [2.75, 3.05) is 11.9 Å². The van der Waals surface area contributed by atoms with Crippen LogP contribution in [0.1, 0.15) is 39.0 Å². The van der Waals surface area contributed by atoms with Gasteiger partial charge in [-0.25, -0.2) is 0 Å². The summed E-state index contributed by atoms with van der Waals surface area (Å²) in [5.74, 6) is 0.614. The third kappa shape index (κ3) is 6.37. The number of rotatable bonds is 8. The molecule has 1 rings (SSSR count). The van der Waals surface area contributed by atoms with Crippen LogP contribution in [0.15, 0.2) is 27.1 Å². The van der Waals surface area contributed by atoms with Crippen LogP contribution in [0.4, 0.5) is 5.69 Å². The van der Waals surface area contributed by atoms with Gasteiger partial charge < -0.3 is 11.1 Å². The van der Waals surface area contributed by atoms with E-state index >= 15 is 0 Å². The maximum Gasteiger partial charge on any atom is 0.224 e. The minimum atomic E-state index is 0.0573. The number of nitrogens with one attached hydrogen (secondary N) is 1. The van der Waals surface area contributed by atoms with E-state index < -0.39 is 0 Å². The summed E-state index contributed by atoms with van der Waals surface area (Å²) < 4.78 is 1.84. The van der Waals surface area contributed by atoms with E-state index in [0.29, 0.717) is 18.9 Å². The topological polar surface area (TPSA) is 55.1 Å². The van der Waals surface area contributed by atoms with Gasteiger partial charge in [-0.05, 0) is 59.4 Å². The normalized spacial score (nSPS) is 12.2. The molecule has 0 radical (unpaired) electrons. The molecule has 3 nitrogen and oxygen atoms in total. The zero-order valence-electron chi connectivity index (χ0n) is 11.8. The third-order valence-electron chi connectivity index (χ3n) is 3.25. The van der Waals surface area contributed by atoms with Crippen molar-refractivity contribution in [3.63, 3.8) is 0 Å². The van der Waals surface area contributed by atoms with E-state index in [0.717, 1.165) is 40.3 Å². The maximum absolute atomic E-state index is 12.0. The lowest BCUT2D eigenvalue weighted by Crippen LogP contribution is -2.15. The molecule has 1 atom stereocenters. The number of carbonyl (C=O) groups excluding carboxylic acids is 1. The lowest BCUT2D eigenvalue weighted by molar-refractivity contribution is -0.116. The second kappa shape index (κ2) is 9.53. The van der Waals surface area contributed by atoms with Gasteiger partial charge in [0.1, 0.15) is 0 Å². The maximum atomic E-state index is 12.0. The number of amides is 1. The van der Waals surface area contributed by atoms with E-state index in [1.54, 1.807) is 0 Å². The van der Waals surface area contributed by atoms with Gasteiger partial charge in [0.05, 0.1) is 5.69 Å². The monoisotopic (exact) mass is 404 g/mol. The molecule has 0 bridgehead atoms. The third-order valence-corrected chi connectivity index (χ3v) is 4.44. The summed E-state index contributed by atoms with van der Waals surface area (Å²) in [5, 5.41) is 2.94. The Bertz CT molecular complexity index is 432. The molecule has 0 spiro atoms. The van der Waals surface area contributed by atoms with Crippen molar-refractivity contribution in [3.05, 3.63) is 27.1 Å². The van der Waals surface area contributed by atoms with Gasteiger partial charge in [0, 0.05) is 15.4 Å². The van der Waals surface area contributed by atoms with E-state index in [4.69, 9.17) is 5.73 Å². The Morgan fingerprint density at radius 2 is 2.05 bits per heavy atom. The fraction of sp³-hybridized carbons (Fsp3) is 0.533. The Balaban J connectivity index is 2.48. The van der Waals surface area contributed by atoms with Crippen LogP contribution < -0.4 is 11.1 Å². The summed E-state index contributed by atoms with van der Waals surface area (Å²) in [6.45, 7) is 2.87. The number of benzene rings is 1.